The zero-order chi connectivity index (χ0) is 14.5. The molecular formula is C14H17F3N2O. The Labute approximate surface area is 115 Å². The maximum Gasteiger partial charge on any atom is 0.433 e. The molecule has 0 amide bonds. The van der Waals surface area contributed by atoms with Crippen molar-refractivity contribution in [3.8, 4) is 5.88 Å². The smallest absolute Gasteiger partial charge is 0.433 e. The average Bonchev–Trinajstić information content (AvgIpc) is 2.74. The summed E-state index contributed by atoms with van der Waals surface area (Å²) < 4.78 is 43.8. The number of aromatic nitrogens is 1. The van der Waals surface area contributed by atoms with Crippen LogP contribution in [0, 0.1) is 0 Å². The van der Waals surface area contributed by atoms with Gasteiger partial charge in [-0.05, 0) is 45.4 Å². The average molecular weight is 286 g/mol. The minimum atomic E-state index is -4.43. The highest BCUT2D eigenvalue weighted by Crippen LogP contribution is 2.45. The lowest BCUT2D eigenvalue weighted by Crippen LogP contribution is -2.44. The van der Waals surface area contributed by atoms with Gasteiger partial charge in [0.15, 0.2) is 0 Å². The van der Waals surface area contributed by atoms with Gasteiger partial charge in [0.25, 0.3) is 0 Å². The molecule has 0 bridgehead atoms. The van der Waals surface area contributed by atoms with E-state index in [9.17, 15) is 13.2 Å². The minimum absolute atomic E-state index is 0.0357. The Morgan fingerprint density at radius 2 is 2.10 bits per heavy atom. The topological polar surface area (TPSA) is 25.4 Å². The summed E-state index contributed by atoms with van der Waals surface area (Å²) in [5.41, 5.74) is -0.0950. The SMILES string of the molecule is CC(C)N1CCCC2Oc3nc(C(F)(F)F)ccc3C21. The number of rotatable bonds is 1. The second-order valence-electron chi connectivity index (χ2n) is 5.66. The molecule has 0 aromatic carbocycles. The van der Waals surface area contributed by atoms with E-state index in [4.69, 9.17) is 4.74 Å². The molecule has 3 rings (SSSR count). The van der Waals surface area contributed by atoms with Crippen molar-refractivity contribution in [2.24, 2.45) is 0 Å². The van der Waals surface area contributed by atoms with Gasteiger partial charge in [-0.15, -0.1) is 0 Å². The first-order valence-corrected chi connectivity index (χ1v) is 6.88. The van der Waals surface area contributed by atoms with Crippen molar-refractivity contribution in [1.82, 2.24) is 9.88 Å². The molecule has 20 heavy (non-hydrogen) atoms. The van der Waals surface area contributed by atoms with Crippen LogP contribution in [0.3, 0.4) is 0 Å². The molecule has 6 heteroatoms. The fraction of sp³-hybridized carbons (Fsp3) is 0.643. The molecule has 0 aliphatic carbocycles. The molecule has 2 unspecified atom stereocenters. The second-order valence-corrected chi connectivity index (χ2v) is 5.66. The van der Waals surface area contributed by atoms with Crippen LogP contribution < -0.4 is 4.74 Å². The van der Waals surface area contributed by atoms with Crippen LogP contribution in [0.5, 0.6) is 5.88 Å². The van der Waals surface area contributed by atoms with Crippen molar-refractivity contribution in [3.63, 3.8) is 0 Å². The summed E-state index contributed by atoms with van der Waals surface area (Å²) in [6.07, 6.45) is -2.63. The Kier molecular flexibility index (Phi) is 3.16. The molecule has 1 fully saturated rings. The van der Waals surface area contributed by atoms with Gasteiger partial charge in [0.1, 0.15) is 11.8 Å². The Morgan fingerprint density at radius 3 is 2.75 bits per heavy atom. The van der Waals surface area contributed by atoms with Crippen LogP contribution in [-0.2, 0) is 6.18 Å². The molecule has 3 heterocycles. The third-order valence-electron chi connectivity index (χ3n) is 4.04. The molecule has 0 saturated carbocycles. The number of fused-ring (bicyclic) bond motifs is 3. The Balaban J connectivity index is 1.98. The molecule has 110 valence electrons. The highest BCUT2D eigenvalue weighted by Gasteiger charge is 2.44. The van der Waals surface area contributed by atoms with E-state index in [1.807, 2.05) is 0 Å². The van der Waals surface area contributed by atoms with E-state index in [0.29, 0.717) is 6.04 Å². The Morgan fingerprint density at radius 1 is 1.35 bits per heavy atom. The quantitative estimate of drug-likeness (QED) is 0.791. The summed E-state index contributed by atoms with van der Waals surface area (Å²) in [7, 11) is 0. The Bertz CT molecular complexity index is 516. The molecule has 2 aliphatic heterocycles. The molecule has 2 aliphatic rings. The van der Waals surface area contributed by atoms with Crippen molar-refractivity contribution < 1.29 is 17.9 Å². The monoisotopic (exact) mass is 286 g/mol. The molecule has 1 aromatic rings. The van der Waals surface area contributed by atoms with Gasteiger partial charge >= 0.3 is 6.18 Å². The van der Waals surface area contributed by atoms with Crippen molar-refractivity contribution in [2.75, 3.05) is 6.54 Å². The molecule has 1 saturated heterocycles. The maximum absolute atomic E-state index is 12.7. The lowest BCUT2D eigenvalue weighted by molar-refractivity contribution is -0.141. The molecule has 0 N–H and O–H groups in total. The summed E-state index contributed by atoms with van der Waals surface area (Å²) >= 11 is 0. The fourth-order valence-electron chi connectivity index (χ4n) is 3.14. The number of halogens is 3. The molecular weight excluding hydrogens is 269 g/mol. The normalized spacial score (nSPS) is 26.3. The predicted octanol–water partition coefficient (Wildman–Crippen LogP) is 3.41. The first kappa shape index (κ1) is 13.7. The number of nitrogens with zero attached hydrogens (tertiary/aromatic N) is 2. The summed E-state index contributed by atoms with van der Waals surface area (Å²) in [6.45, 7) is 5.14. The first-order chi connectivity index (χ1) is 9.38. The van der Waals surface area contributed by atoms with Gasteiger partial charge < -0.3 is 4.74 Å². The van der Waals surface area contributed by atoms with Gasteiger partial charge in [-0.25, -0.2) is 4.98 Å². The van der Waals surface area contributed by atoms with E-state index in [-0.39, 0.29) is 18.0 Å². The zero-order valence-electron chi connectivity index (χ0n) is 11.4. The first-order valence-electron chi connectivity index (χ1n) is 6.88. The lowest BCUT2D eigenvalue weighted by Gasteiger charge is -2.39. The van der Waals surface area contributed by atoms with E-state index in [2.05, 4.69) is 23.7 Å². The lowest BCUT2D eigenvalue weighted by atomic mass is 9.94. The molecule has 1 aromatic heterocycles. The largest absolute Gasteiger partial charge is 0.472 e. The van der Waals surface area contributed by atoms with Crippen LogP contribution >= 0.6 is 0 Å². The summed E-state index contributed by atoms with van der Waals surface area (Å²) in [4.78, 5) is 5.96. The van der Waals surface area contributed by atoms with E-state index < -0.39 is 11.9 Å². The third kappa shape index (κ3) is 2.16. The number of hydrogen-bond donors (Lipinski definition) is 0. The van der Waals surface area contributed by atoms with Crippen molar-refractivity contribution in [1.29, 1.82) is 0 Å². The van der Waals surface area contributed by atoms with Crippen molar-refractivity contribution in [2.45, 2.75) is 51.1 Å². The number of alkyl halides is 3. The Hall–Kier alpha value is -1.30. The molecule has 2 atom stereocenters. The van der Waals surface area contributed by atoms with Gasteiger partial charge in [0.2, 0.25) is 5.88 Å². The van der Waals surface area contributed by atoms with Crippen LogP contribution in [0.4, 0.5) is 13.2 Å². The second kappa shape index (κ2) is 4.62. The number of ether oxygens (including phenoxy) is 1. The van der Waals surface area contributed by atoms with Crippen LogP contribution in [0.1, 0.15) is 44.0 Å². The van der Waals surface area contributed by atoms with Crippen molar-refractivity contribution in [3.05, 3.63) is 23.4 Å². The number of piperidine rings is 1. The van der Waals surface area contributed by atoms with Gasteiger partial charge in [0.05, 0.1) is 6.04 Å². The third-order valence-corrected chi connectivity index (χ3v) is 4.04. The fourth-order valence-corrected chi connectivity index (χ4v) is 3.14. The number of pyridine rings is 1. The van der Waals surface area contributed by atoms with Crippen molar-refractivity contribution >= 4 is 0 Å². The molecule has 0 radical (unpaired) electrons. The number of hydrogen-bond acceptors (Lipinski definition) is 3. The van der Waals surface area contributed by atoms with Gasteiger partial charge in [0, 0.05) is 11.6 Å². The van der Waals surface area contributed by atoms with Gasteiger partial charge in [-0.1, -0.05) is 0 Å². The van der Waals surface area contributed by atoms with E-state index >= 15 is 0 Å². The maximum atomic E-state index is 12.7. The number of likely N-dealkylation sites (tertiary alicyclic amines) is 1. The van der Waals surface area contributed by atoms with Crippen LogP contribution in [0.25, 0.3) is 0 Å². The van der Waals surface area contributed by atoms with Gasteiger partial charge in [-0.3, -0.25) is 4.90 Å². The molecule has 3 nitrogen and oxygen atoms in total. The highest BCUT2D eigenvalue weighted by atomic mass is 19.4. The predicted molar refractivity (Wildman–Crippen MR) is 67.5 cm³/mol. The molecule has 0 spiro atoms. The minimum Gasteiger partial charge on any atom is -0.472 e. The van der Waals surface area contributed by atoms with E-state index in [1.165, 1.54) is 6.07 Å². The van der Waals surface area contributed by atoms with Gasteiger partial charge in [-0.2, -0.15) is 13.2 Å². The van der Waals surface area contributed by atoms with E-state index in [0.717, 1.165) is 31.0 Å². The van der Waals surface area contributed by atoms with E-state index in [1.54, 1.807) is 0 Å². The van der Waals surface area contributed by atoms with Crippen LogP contribution in [-0.4, -0.2) is 28.6 Å². The summed E-state index contributed by atoms with van der Waals surface area (Å²) in [5.74, 6) is 0.155. The summed E-state index contributed by atoms with van der Waals surface area (Å²) in [5, 5.41) is 0. The summed E-state index contributed by atoms with van der Waals surface area (Å²) in [6, 6.07) is 2.95. The zero-order valence-corrected chi connectivity index (χ0v) is 11.4. The standard InChI is InChI=1S/C14H17F3N2O/c1-8(2)19-7-3-4-10-12(19)9-5-6-11(14(15,16)17)18-13(9)20-10/h5-6,8,10,12H,3-4,7H2,1-2H3. The highest BCUT2D eigenvalue weighted by molar-refractivity contribution is 5.37. The van der Waals surface area contributed by atoms with Crippen LogP contribution in [0.15, 0.2) is 12.1 Å². The van der Waals surface area contributed by atoms with Crippen LogP contribution in [0.2, 0.25) is 0 Å².